The van der Waals surface area contributed by atoms with Crippen molar-refractivity contribution in [1.82, 2.24) is 15.3 Å². The minimum Gasteiger partial charge on any atom is -0.352 e. The molecule has 1 unspecified atom stereocenters. The van der Waals surface area contributed by atoms with Gasteiger partial charge < -0.3 is 10.2 Å². The number of aromatic nitrogens is 2. The van der Waals surface area contributed by atoms with Crippen LogP contribution < -0.4 is 10.2 Å². The van der Waals surface area contributed by atoms with E-state index in [1.807, 2.05) is 42.5 Å². The van der Waals surface area contributed by atoms with Crippen LogP contribution in [0.4, 0.5) is 0 Å². The van der Waals surface area contributed by atoms with Gasteiger partial charge in [-0.2, -0.15) is 0 Å². The molecule has 1 aromatic carbocycles. The second-order valence-electron chi connectivity index (χ2n) is 8.35. The third-order valence-corrected chi connectivity index (χ3v) is 6.25. The van der Waals surface area contributed by atoms with Crippen molar-refractivity contribution in [2.45, 2.75) is 44.6 Å². The fraction of sp³-hybridized carbons (Fsp3) is 0.400. The minimum absolute atomic E-state index is 0.0333. The molecule has 0 aliphatic heterocycles. The van der Waals surface area contributed by atoms with Gasteiger partial charge in [-0.1, -0.05) is 24.6 Å². The predicted octanol–water partition coefficient (Wildman–Crippen LogP) is 3.26. The lowest BCUT2D eigenvalue weighted by molar-refractivity contribution is -0.907. The van der Waals surface area contributed by atoms with Gasteiger partial charge in [0.2, 0.25) is 0 Å². The van der Waals surface area contributed by atoms with Crippen LogP contribution in [0, 0.1) is 0 Å². The van der Waals surface area contributed by atoms with E-state index in [9.17, 15) is 4.79 Å². The van der Waals surface area contributed by atoms with Crippen LogP contribution >= 0.6 is 0 Å². The number of para-hydroxylation sites is 1. The molecular weight excluding hydrogens is 372 g/mol. The zero-order valence-electron chi connectivity index (χ0n) is 17.7. The fourth-order valence-corrected chi connectivity index (χ4v) is 4.49. The second-order valence-corrected chi connectivity index (χ2v) is 8.35. The van der Waals surface area contributed by atoms with Crippen molar-refractivity contribution in [3.63, 3.8) is 0 Å². The van der Waals surface area contributed by atoms with Gasteiger partial charge >= 0.3 is 0 Å². The predicted molar refractivity (Wildman–Crippen MR) is 121 cm³/mol. The van der Waals surface area contributed by atoms with Gasteiger partial charge in [0, 0.05) is 36.3 Å². The molecule has 1 saturated carbocycles. The van der Waals surface area contributed by atoms with E-state index in [2.05, 4.69) is 17.3 Å². The maximum atomic E-state index is 13.0. The lowest BCUT2D eigenvalue weighted by Crippen LogP contribution is -3.13. The average Bonchev–Trinajstić information content (AvgIpc) is 2.82. The maximum Gasteiger partial charge on any atom is 0.252 e. The number of nitrogens with one attached hydrogen (secondary N) is 2. The van der Waals surface area contributed by atoms with E-state index in [1.54, 1.807) is 17.3 Å². The molecule has 3 aromatic rings. The van der Waals surface area contributed by atoms with E-state index in [4.69, 9.17) is 4.98 Å². The molecule has 2 heterocycles. The normalized spacial score (nSPS) is 15.8. The molecule has 30 heavy (non-hydrogen) atoms. The van der Waals surface area contributed by atoms with Crippen molar-refractivity contribution in [3.05, 3.63) is 60.4 Å². The van der Waals surface area contributed by atoms with Crippen molar-refractivity contribution in [3.8, 4) is 11.3 Å². The molecule has 1 fully saturated rings. The van der Waals surface area contributed by atoms with E-state index in [0.717, 1.165) is 41.2 Å². The first-order chi connectivity index (χ1) is 14.7. The van der Waals surface area contributed by atoms with Crippen LogP contribution in [-0.4, -0.2) is 42.1 Å². The summed E-state index contributed by atoms with van der Waals surface area (Å²) in [5.41, 5.74) is 3.18. The molecule has 2 N–H and O–H groups in total. The molecule has 1 atom stereocenters. The summed E-state index contributed by atoms with van der Waals surface area (Å²) in [5, 5.41) is 4.01. The number of pyridine rings is 2. The van der Waals surface area contributed by atoms with Gasteiger partial charge in [0.1, 0.15) is 0 Å². The minimum atomic E-state index is -0.0333. The highest BCUT2D eigenvalue weighted by Crippen LogP contribution is 2.24. The smallest absolute Gasteiger partial charge is 0.252 e. The Bertz CT molecular complexity index is 983. The second kappa shape index (κ2) is 9.81. The van der Waals surface area contributed by atoms with Crippen molar-refractivity contribution in [2.24, 2.45) is 0 Å². The number of quaternary nitrogens is 1. The molecule has 1 aliphatic rings. The summed E-state index contributed by atoms with van der Waals surface area (Å²) in [5.74, 6) is -0.0333. The number of fused-ring (bicyclic) bond motifs is 1. The van der Waals surface area contributed by atoms with Crippen molar-refractivity contribution < 1.29 is 9.69 Å². The van der Waals surface area contributed by atoms with Gasteiger partial charge in [0.25, 0.3) is 5.91 Å². The third kappa shape index (κ3) is 4.85. The fourth-order valence-electron chi connectivity index (χ4n) is 4.49. The summed E-state index contributed by atoms with van der Waals surface area (Å²) < 4.78 is 0. The molecule has 156 valence electrons. The van der Waals surface area contributed by atoms with E-state index >= 15 is 0 Å². The van der Waals surface area contributed by atoms with E-state index in [0.29, 0.717) is 12.1 Å². The Hall–Kier alpha value is -2.79. The van der Waals surface area contributed by atoms with Crippen LogP contribution in [-0.2, 0) is 0 Å². The third-order valence-electron chi connectivity index (χ3n) is 6.25. The summed E-state index contributed by atoms with van der Waals surface area (Å²) in [7, 11) is 2.30. The highest BCUT2D eigenvalue weighted by molar-refractivity contribution is 6.07. The van der Waals surface area contributed by atoms with E-state index < -0.39 is 0 Å². The lowest BCUT2D eigenvalue weighted by Gasteiger charge is -2.28. The highest BCUT2D eigenvalue weighted by atomic mass is 16.1. The Balaban J connectivity index is 1.43. The first-order valence-corrected chi connectivity index (χ1v) is 11.1. The van der Waals surface area contributed by atoms with Crippen molar-refractivity contribution in [1.29, 1.82) is 0 Å². The number of rotatable bonds is 7. The summed E-state index contributed by atoms with van der Waals surface area (Å²) in [4.78, 5) is 23.6. The van der Waals surface area contributed by atoms with Gasteiger partial charge in [-0.05, 0) is 49.9 Å². The molecule has 0 bridgehead atoms. The topological polar surface area (TPSA) is 59.3 Å². The van der Waals surface area contributed by atoms with Crippen LogP contribution in [0.1, 0.15) is 48.9 Å². The van der Waals surface area contributed by atoms with Gasteiger partial charge in [-0.15, -0.1) is 0 Å². The van der Waals surface area contributed by atoms with Gasteiger partial charge in [-0.25, -0.2) is 4.98 Å². The summed E-state index contributed by atoms with van der Waals surface area (Å²) in [6.07, 6.45) is 11.3. The highest BCUT2D eigenvalue weighted by Gasteiger charge is 2.21. The molecule has 0 radical (unpaired) electrons. The molecule has 5 heteroatoms. The van der Waals surface area contributed by atoms with Crippen LogP contribution in [0.2, 0.25) is 0 Å². The summed E-state index contributed by atoms with van der Waals surface area (Å²) in [6.45, 7) is 1.80. The summed E-state index contributed by atoms with van der Waals surface area (Å²) >= 11 is 0. The number of carbonyl (C=O) groups is 1. The first kappa shape index (κ1) is 20.5. The Morgan fingerprint density at radius 2 is 1.97 bits per heavy atom. The first-order valence-electron chi connectivity index (χ1n) is 11.1. The summed E-state index contributed by atoms with van der Waals surface area (Å²) in [6, 6.07) is 14.3. The van der Waals surface area contributed by atoms with Gasteiger partial charge in [0.15, 0.2) is 0 Å². The molecule has 5 nitrogen and oxygen atoms in total. The number of hydrogen-bond donors (Lipinski definition) is 2. The van der Waals surface area contributed by atoms with Crippen LogP contribution in [0.5, 0.6) is 0 Å². The van der Waals surface area contributed by atoms with Crippen LogP contribution in [0.3, 0.4) is 0 Å². The zero-order chi connectivity index (χ0) is 20.8. The molecule has 0 spiro atoms. The average molecular weight is 404 g/mol. The largest absolute Gasteiger partial charge is 0.352 e. The molecule has 2 aromatic heterocycles. The quantitative estimate of drug-likeness (QED) is 0.596. The van der Waals surface area contributed by atoms with E-state index in [-0.39, 0.29) is 5.91 Å². The Morgan fingerprint density at radius 3 is 2.77 bits per heavy atom. The monoisotopic (exact) mass is 403 g/mol. The van der Waals surface area contributed by atoms with Crippen LogP contribution in [0.25, 0.3) is 22.2 Å². The van der Waals surface area contributed by atoms with Crippen molar-refractivity contribution in [2.75, 3.05) is 20.1 Å². The number of hydrogen-bond acceptors (Lipinski definition) is 3. The number of benzene rings is 1. The molecule has 0 saturated heterocycles. The zero-order valence-corrected chi connectivity index (χ0v) is 17.7. The Morgan fingerprint density at radius 1 is 1.13 bits per heavy atom. The van der Waals surface area contributed by atoms with Crippen LogP contribution in [0.15, 0.2) is 54.9 Å². The molecule has 4 rings (SSSR count). The van der Waals surface area contributed by atoms with Gasteiger partial charge in [0.05, 0.1) is 36.4 Å². The SMILES string of the molecule is C[NH+](CCCNC(=O)c1cc(-c2cccnc2)nc2ccccc12)C1CCCCC1. The molecular formula is C25H31N4O+. The lowest BCUT2D eigenvalue weighted by atomic mass is 9.94. The molecule has 1 amide bonds. The molecule has 1 aliphatic carbocycles. The number of amides is 1. The van der Waals surface area contributed by atoms with E-state index in [1.165, 1.54) is 32.1 Å². The maximum absolute atomic E-state index is 13.0. The van der Waals surface area contributed by atoms with Gasteiger partial charge in [-0.3, -0.25) is 9.78 Å². The number of nitrogens with zero attached hydrogens (tertiary/aromatic N) is 2. The Labute approximate surface area is 178 Å². The number of carbonyl (C=O) groups excluding carboxylic acids is 1. The Kier molecular flexibility index (Phi) is 6.70. The standard InChI is InChI=1S/C25H30N4O/c1-29(20-10-3-2-4-11-20)16-8-15-27-25(30)22-17-24(19-9-7-14-26-18-19)28-23-13-6-5-12-21(22)23/h5-7,9,12-14,17-18,20H,2-4,8,10-11,15-16H2,1H3,(H,27,30)/p+1. The van der Waals surface area contributed by atoms with Crippen molar-refractivity contribution >= 4 is 16.8 Å².